The SMILES string of the molecule is CCn1cc(/C=c2/sc3n(c2=O)[C@@H](c2ccc(C)o2)C(C(=O)Nc2ccccc2)=C(C)N=3)c(C)n1. The van der Waals surface area contributed by atoms with Gasteiger partial charge in [-0.2, -0.15) is 5.10 Å². The summed E-state index contributed by atoms with van der Waals surface area (Å²) >= 11 is 1.29. The molecule has 0 bridgehead atoms. The molecule has 8 nitrogen and oxygen atoms in total. The van der Waals surface area contributed by atoms with Crippen molar-refractivity contribution in [3.63, 3.8) is 0 Å². The van der Waals surface area contributed by atoms with Crippen LogP contribution in [-0.2, 0) is 11.3 Å². The molecule has 1 atom stereocenters. The standard InChI is InChI=1S/C26H25N5O3S/c1-5-30-14-18(16(3)29-30)13-21-25(33)31-23(20-12-11-15(2)34-20)22(17(4)27-26(31)35-21)24(32)28-19-9-7-6-8-10-19/h6-14,23H,5H2,1-4H3,(H,28,32)/b21-13+/t23-/m0/s1. The van der Waals surface area contributed by atoms with E-state index >= 15 is 0 Å². The first-order valence-electron chi connectivity index (χ1n) is 11.3. The maximum atomic E-state index is 13.7. The van der Waals surface area contributed by atoms with E-state index < -0.39 is 6.04 Å². The molecule has 35 heavy (non-hydrogen) atoms. The number of aryl methyl sites for hydroxylation is 3. The van der Waals surface area contributed by atoms with Gasteiger partial charge in [-0.3, -0.25) is 18.8 Å². The Bertz CT molecular complexity index is 1640. The molecule has 0 spiro atoms. The number of para-hydroxylation sites is 1. The lowest BCUT2D eigenvalue weighted by atomic mass is 10.00. The third-order valence-corrected chi connectivity index (χ3v) is 6.91. The van der Waals surface area contributed by atoms with Gasteiger partial charge in [0.05, 0.1) is 21.5 Å². The predicted octanol–water partition coefficient (Wildman–Crippen LogP) is 3.30. The second-order valence-corrected chi connectivity index (χ2v) is 9.39. The Morgan fingerprint density at radius 1 is 1.17 bits per heavy atom. The van der Waals surface area contributed by atoms with E-state index in [0.29, 0.717) is 37.8 Å². The maximum Gasteiger partial charge on any atom is 0.271 e. The minimum atomic E-state index is -0.731. The average Bonchev–Trinajstić information content (AvgIpc) is 3.51. The van der Waals surface area contributed by atoms with Crippen molar-refractivity contribution >= 4 is 29.0 Å². The molecule has 178 valence electrons. The van der Waals surface area contributed by atoms with E-state index in [1.54, 1.807) is 17.6 Å². The maximum absolute atomic E-state index is 13.7. The van der Waals surface area contributed by atoms with Gasteiger partial charge in [-0.1, -0.05) is 29.5 Å². The normalized spacial score (nSPS) is 15.8. The van der Waals surface area contributed by atoms with E-state index in [9.17, 15) is 9.59 Å². The quantitative estimate of drug-likeness (QED) is 0.467. The van der Waals surface area contributed by atoms with Crippen LogP contribution < -0.4 is 20.2 Å². The van der Waals surface area contributed by atoms with Crippen molar-refractivity contribution in [2.75, 3.05) is 5.32 Å². The molecule has 0 saturated heterocycles. The van der Waals surface area contributed by atoms with E-state index in [4.69, 9.17) is 4.42 Å². The Balaban J connectivity index is 1.67. The second kappa shape index (κ2) is 8.99. The van der Waals surface area contributed by atoms with E-state index in [2.05, 4.69) is 15.4 Å². The van der Waals surface area contributed by atoms with Crippen LogP contribution in [-0.4, -0.2) is 20.3 Å². The van der Waals surface area contributed by atoms with Gasteiger partial charge >= 0.3 is 0 Å². The highest BCUT2D eigenvalue weighted by atomic mass is 32.1. The van der Waals surface area contributed by atoms with Gasteiger partial charge < -0.3 is 9.73 Å². The summed E-state index contributed by atoms with van der Waals surface area (Å²) in [5.41, 5.74) is 3.06. The summed E-state index contributed by atoms with van der Waals surface area (Å²) < 4.78 is 9.86. The fourth-order valence-corrected chi connectivity index (χ4v) is 5.22. The summed E-state index contributed by atoms with van der Waals surface area (Å²) in [6, 6.07) is 12.1. The zero-order valence-corrected chi connectivity index (χ0v) is 20.7. The van der Waals surface area contributed by atoms with Gasteiger partial charge in [0.1, 0.15) is 17.6 Å². The summed E-state index contributed by atoms with van der Waals surface area (Å²) in [7, 11) is 0. The molecular weight excluding hydrogens is 462 g/mol. The number of nitrogens with one attached hydrogen (secondary N) is 1. The number of anilines is 1. The first-order valence-corrected chi connectivity index (χ1v) is 12.2. The molecule has 9 heteroatoms. The van der Waals surface area contributed by atoms with Crippen molar-refractivity contribution < 1.29 is 9.21 Å². The molecule has 1 amide bonds. The van der Waals surface area contributed by atoms with Gasteiger partial charge in [0.2, 0.25) is 0 Å². The molecule has 1 aliphatic heterocycles. The van der Waals surface area contributed by atoms with Gasteiger partial charge in [-0.25, -0.2) is 4.99 Å². The summed E-state index contributed by atoms with van der Waals surface area (Å²) in [4.78, 5) is 32.3. The van der Waals surface area contributed by atoms with E-state index in [1.807, 2.05) is 74.1 Å². The van der Waals surface area contributed by atoms with Crippen LogP contribution >= 0.6 is 11.3 Å². The first-order chi connectivity index (χ1) is 16.9. The highest BCUT2D eigenvalue weighted by Gasteiger charge is 2.34. The Labute approximate surface area is 205 Å². The smallest absolute Gasteiger partial charge is 0.271 e. The third kappa shape index (κ3) is 4.19. The summed E-state index contributed by atoms with van der Waals surface area (Å²) in [5.74, 6) is 0.880. The minimum Gasteiger partial charge on any atom is -0.464 e. The summed E-state index contributed by atoms with van der Waals surface area (Å²) in [6.45, 7) is 8.30. The Hall–Kier alpha value is -3.98. The number of allylic oxidation sites excluding steroid dienone is 1. The van der Waals surface area contributed by atoms with Crippen LogP contribution in [0.15, 0.2) is 74.1 Å². The number of aromatic nitrogens is 3. The number of rotatable bonds is 5. The third-order valence-electron chi connectivity index (χ3n) is 5.92. The highest BCUT2D eigenvalue weighted by molar-refractivity contribution is 7.07. The van der Waals surface area contributed by atoms with Crippen molar-refractivity contribution in [3.05, 3.63) is 102 Å². The molecule has 3 aromatic heterocycles. The van der Waals surface area contributed by atoms with Crippen molar-refractivity contribution in [3.8, 4) is 0 Å². The Morgan fingerprint density at radius 2 is 1.94 bits per heavy atom. The van der Waals surface area contributed by atoms with Crippen LogP contribution in [0.3, 0.4) is 0 Å². The summed E-state index contributed by atoms with van der Waals surface area (Å²) in [5, 5.41) is 7.40. The molecule has 1 aliphatic rings. The number of amides is 1. The van der Waals surface area contributed by atoms with Gasteiger partial charge in [0, 0.05) is 24.0 Å². The molecule has 5 rings (SSSR count). The number of furan rings is 1. The van der Waals surface area contributed by atoms with Crippen LogP contribution in [0, 0.1) is 13.8 Å². The molecule has 0 radical (unpaired) electrons. The van der Waals surface area contributed by atoms with E-state index in [-0.39, 0.29) is 11.5 Å². The molecule has 4 aromatic rings. The molecule has 1 aromatic carbocycles. The number of carbonyl (C=O) groups excluding carboxylic acids is 1. The van der Waals surface area contributed by atoms with Crippen molar-refractivity contribution in [2.24, 2.45) is 4.99 Å². The Kier molecular flexibility index (Phi) is 5.86. The topological polar surface area (TPSA) is 94.4 Å². The molecule has 4 heterocycles. The van der Waals surface area contributed by atoms with Gasteiger partial charge in [0.15, 0.2) is 4.80 Å². The number of nitrogens with zero attached hydrogens (tertiary/aromatic N) is 4. The number of thiazole rings is 1. The second-order valence-electron chi connectivity index (χ2n) is 8.38. The monoisotopic (exact) mass is 487 g/mol. The zero-order valence-electron chi connectivity index (χ0n) is 19.9. The molecule has 0 fully saturated rings. The molecule has 1 N–H and O–H groups in total. The zero-order chi connectivity index (χ0) is 24.7. The summed E-state index contributed by atoms with van der Waals surface area (Å²) in [6.07, 6.45) is 3.76. The number of fused-ring (bicyclic) bond motifs is 1. The van der Waals surface area contributed by atoms with Gasteiger partial charge in [0.25, 0.3) is 11.5 Å². The van der Waals surface area contributed by atoms with Crippen LogP contribution in [0.4, 0.5) is 5.69 Å². The number of hydrogen-bond donors (Lipinski definition) is 1. The fourth-order valence-electron chi connectivity index (χ4n) is 4.18. The van der Waals surface area contributed by atoms with Crippen LogP contribution in [0.1, 0.15) is 42.7 Å². The fraction of sp³-hybridized carbons (Fsp3) is 0.231. The number of benzene rings is 1. The number of carbonyl (C=O) groups is 1. The van der Waals surface area contributed by atoms with E-state index in [1.165, 1.54) is 11.3 Å². The van der Waals surface area contributed by atoms with Crippen molar-refractivity contribution in [1.82, 2.24) is 14.3 Å². The molecule has 0 aliphatic carbocycles. The number of hydrogen-bond acceptors (Lipinski definition) is 6. The first kappa shape index (κ1) is 22.8. The lowest BCUT2D eigenvalue weighted by molar-refractivity contribution is -0.113. The van der Waals surface area contributed by atoms with Gasteiger partial charge in [-0.15, -0.1) is 0 Å². The van der Waals surface area contributed by atoms with Crippen LogP contribution in [0.2, 0.25) is 0 Å². The molecule has 0 saturated carbocycles. The largest absolute Gasteiger partial charge is 0.464 e. The lowest BCUT2D eigenvalue weighted by Crippen LogP contribution is -2.40. The minimum absolute atomic E-state index is 0.228. The average molecular weight is 488 g/mol. The Morgan fingerprint density at radius 3 is 2.60 bits per heavy atom. The predicted molar refractivity (Wildman–Crippen MR) is 135 cm³/mol. The highest BCUT2D eigenvalue weighted by Crippen LogP contribution is 2.31. The lowest BCUT2D eigenvalue weighted by Gasteiger charge is -2.23. The van der Waals surface area contributed by atoms with Gasteiger partial charge in [-0.05, 0) is 58.0 Å². The molecular formula is C26H25N5O3S. The van der Waals surface area contributed by atoms with Crippen molar-refractivity contribution in [2.45, 2.75) is 40.3 Å². The van der Waals surface area contributed by atoms with E-state index in [0.717, 1.165) is 17.8 Å². The van der Waals surface area contributed by atoms with Crippen molar-refractivity contribution in [1.29, 1.82) is 0 Å². The van der Waals surface area contributed by atoms with Crippen LogP contribution in [0.5, 0.6) is 0 Å². The molecule has 0 unspecified atom stereocenters. The van der Waals surface area contributed by atoms with Crippen LogP contribution in [0.25, 0.3) is 6.08 Å².